The van der Waals surface area contributed by atoms with Gasteiger partial charge in [0, 0.05) is 32.7 Å². The summed E-state index contributed by atoms with van der Waals surface area (Å²) in [6, 6.07) is 30.1. The second-order valence-electron chi connectivity index (χ2n) is 7.59. The van der Waals surface area contributed by atoms with E-state index in [9.17, 15) is 0 Å². The Hall–Kier alpha value is -3.83. The van der Waals surface area contributed by atoms with E-state index in [0.717, 1.165) is 47.5 Å². The summed E-state index contributed by atoms with van der Waals surface area (Å²) in [6.45, 7) is 2.09. The van der Waals surface area contributed by atoms with Crippen molar-refractivity contribution in [2.75, 3.05) is 0 Å². The normalized spacial score (nSPS) is 10.1. The van der Waals surface area contributed by atoms with Gasteiger partial charge in [0.2, 0.25) is 0 Å². The lowest BCUT2D eigenvalue weighted by atomic mass is 9.97. The maximum absolute atomic E-state index is 6.45. The topological polar surface area (TPSA) is 12.9 Å². The van der Waals surface area contributed by atoms with Crippen molar-refractivity contribution in [3.05, 3.63) is 117 Å². The van der Waals surface area contributed by atoms with Crippen LogP contribution in [0.4, 0.5) is 0 Å². The molecule has 0 aliphatic rings. The van der Waals surface area contributed by atoms with Gasteiger partial charge in [-0.2, -0.15) is 0 Å². The van der Waals surface area contributed by atoms with Crippen molar-refractivity contribution in [3.63, 3.8) is 0 Å². The Labute approximate surface area is 209 Å². The average molecular weight is 467 g/mol. The molecule has 158 valence electrons. The van der Waals surface area contributed by atoms with Crippen molar-refractivity contribution in [3.8, 4) is 44.7 Å². The number of rotatable bonds is 2. The third-order valence-corrected chi connectivity index (χ3v) is 7.50. The van der Waals surface area contributed by atoms with Crippen LogP contribution in [0.5, 0.6) is 0 Å². The summed E-state index contributed by atoms with van der Waals surface area (Å²) in [5, 5.41) is 0.901. The van der Waals surface area contributed by atoms with E-state index in [2.05, 4.69) is 47.7 Å². The zero-order valence-corrected chi connectivity index (χ0v) is 20.1. The summed E-state index contributed by atoms with van der Waals surface area (Å²) in [7, 11) is 6.45. The minimum absolute atomic E-state index is 0.523. The number of thiophene rings is 1. The molecule has 0 aliphatic heterocycles. The highest BCUT2D eigenvalue weighted by molar-refractivity contribution is 7.20. The van der Waals surface area contributed by atoms with E-state index < -0.39 is 0 Å². The van der Waals surface area contributed by atoms with Gasteiger partial charge in [-0.05, 0) is 42.7 Å². The molecule has 5 rings (SSSR count). The monoisotopic (exact) mass is 467 g/mol. The largest absolute Gasteiger partial charge is 0.252 e. The maximum atomic E-state index is 6.45. The minimum Gasteiger partial charge on any atom is -0.252 e. The molecule has 2 radical (unpaired) electrons. The quantitative estimate of drug-likeness (QED) is 0.215. The molecule has 2 heterocycles. The molecule has 0 saturated carbocycles. The molecule has 0 N–H and O–H groups in total. The standard InChI is InChI=1S/C30H18BNS2/c1-21-25(19-17-22-11-5-2-6-12-22)33-26(20-18-23-13-7-3-8-14-23)27(21)28-29(31)32-30(34-28)24-15-9-4-10-16-24/h2-16H,1H3. The zero-order chi connectivity index (χ0) is 23.3. The summed E-state index contributed by atoms with van der Waals surface area (Å²) in [6.07, 6.45) is 0. The van der Waals surface area contributed by atoms with Gasteiger partial charge in [0.15, 0.2) is 0 Å². The second kappa shape index (κ2) is 9.98. The van der Waals surface area contributed by atoms with Gasteiger partial charge in [-0.15, -0.1) is 22.7 Å². The Bertz CT molecular complexity index is 1560. The number of aromatic nitrogens is 1. The molecule has 0 spiro atoms. The lowest BCUT2D eigenvalue weighted by molar-refractivity contribution is 1.46. The smallest absolute Gasteiger partial charge is 0.143 e. The van der Waals surface area contributed by atoms with E-state index in [0.29, 0.717) is 5.59 Å². The average Bonchev–Trinajstić information content (AvgIpc) is 3.42. The molecule has 3 aromatic carbocycles. The third-order valence-electron chi connectivity index (χ3n) is 5.24. The molecule has 0 saturated heterocycles. The van der Waals surface area contributed by atoms with Gasteiger partial charge < -0.3 is 0 Å². The van der Waals surface area contributed by atoms with E-state index in [4.69, 9.17) is 7.85 Å². The Kier molecular flexibility index (Phi) is 6.45. The highest BCUT2D eigenvalue weighted by atomic mass is 32.1. The number of thiazole rings is 1. The molecule has 0 unspecified atom stereocenters. The summed E-state index contributed by atoms with van der Waals surface area (Å²) in [5.41, 5.74) is 5.65. The van der Waals surface area contributed by atoms with Crippen LogP contribution in [0.15, 0.2) is 91.0 Å². The Balaban J connectivity index is 1.64. The molecule has 1 nitrogen and oxygen atoms in total. The first-order valence-electron chi connectivity index (χ1n) is 10.8. The van der Waals surface area contributed by atoms with Crippen LogP contribution in [-0.4, -0.2) is 12.8 Å². The molecule has 0 atom stereocenters. The third kappa shape index (κ3) is 4.75. The Morgan fingerprint density at radius 3 is 1.76 bits per heavy atom. The molecule has 4 heteroatoms. The van der Waals surface area contributed by atoms with Gasteiger partial charge in [-0.3, -0.25) is 4.98 Å². The van der Waals surface area contributed by atoms with Crippen LogP contribution in [0.2, 0.25) is 0 Å². The fraction of sp³-hybridized carbons (Fsp3) is 0.0333. The van der Waals surface area contributed by atoms with Gasteiger partial charge in [0.1, 0.15) is 12.9 Å². The number of nitrogens with zero attached hydrogens (tertiary/aromatic N) is 1. The Morgan fingerprint density at radius 1 is 0.647 bits per heavy atom. The van der Waals surface area contributed by atoms with Crippen molar-refractivity contribution in [1.29, 1.82) is 0 Å². The number of benzene rings is 3. The van der Waals surface area contributed by atoms with E-state index in [1.165, 1.54) is 0 Å². The van der Waals surface area contributed by atoms with Crippen molar-refractivity contribution >= 4 is 36.1 Å². The number of hydrogen-bond donors (Lipinski definition) is 0. The lowest BCUT2D eigenvalue weighted by Crippen LogP contribution is -2.06. The van der Waals surface area contributed by atoms with E-state index in [-0.39, 0.29) is 0 Å². The molecule has 0 bridgehead atoms. The van der Waals surface area contributed by atoms with Crippen molar-refractivity contribution in [2.24, 2.45) is 0 Å². The minimum atomic E-state index is 0.523. The summed E-state index contributed by atoms with van der Waals surface area (Å²) >= 11 is 3.21. The molecular weight excluding hydrogens is 449 g/mol. The van der Waals surface area contributed by atoms with Gasteiger partial charge in [-0.1, -0.05) is 84.5 Å². The molecule has 2 aromatic heterocycles. The second-order valence-corrected chi connectivity index (χ2v) is 9.61. The maximum Gasteiger partial charge on any atom is 0.143 e. The van der Waals surface area contributed by atoms with Crippen LogP contribution in [0.1, 0.15) is 26.4 Å². The van der Waals surface area contributed by atoms with Crippen molar-refractivity contribution in [1.82, 2.24) is 4.98 Å². The number of hydrogen-bond acceptors (Lipinski definition) is 3. The highest BCUT2D eigenvalue weighted by Crippen LogP contribution is 2.39. The van der Waals surface area contributed by atoms with Crippen LogP contribution in [0.3, 0.4) is 0 Å². The summed E-state index contributed by atoms with van der Waals surface area (Å²) < 4.78 is 0. The van der Waals surface area contributed by atoms with E-state index in [1.807, 2.05) is 78.9 Å². The van der Waals surface area contributed by atoms with Crippen LogP contribution >= 0.6 is 22.7 Å². The molecule has 34 heavy (non-hydrogen) atoms. The van der Waals surface area contributed by atoms with E-state index >= 15 is 0 Å². The van der Waals surface area contributed by atoms with Crippen LogP contribution in [0, 0.1) is 30.6 Å². The van der Waals surface area contributed by atoms with Gasteiger partial charge in [0.05, 0.1) is 9.75 Å². The first kappa shape index (κ1) is 22.0. The lowest BCUT2D eigenvalue weighted by Gasteiger charge is -2.00. The van der Waals surface area contributed by atoms with Gasteiger partial charge in [-0.25, -0.2) is 0 Å². The first-order valence-corrected chi connectivity index (χ1v) is 12.4. The SMILES string of the molecule is [B]c1nc(-c2ccccc2)sc1-c1c(C#Cc2ccccc2)sc(C#Cc2ccccc2)c1C. The predicted octanol–water partition coefficient (Wildman–Crippen LogP) is 6.44. The summed E-state index contributed by atoms with van der Waals surface area (Å²) in [5.74, 6) is 13.3. The zero-order valence-electron chi connectivity index (χ0n) is 18.5. The van der Waals surface area contributed by atoms with Crippen molar-refractivity contribution < 1.29 is 0 Å². The molecule has 0 fully saturated rings. The van der Waals surface area contributed by atoms with Crippen LogP contribution in [-0.2, 0) is 0 Å². The molecule has 0 aliphatic carbocycles. The summed E-state index contributed by atoms with van der Waals surface area (Å²) in [4.78, 5) is 7.56. The molecular formula is C30H18BNS2. The van der Waals surface area contributed by atoms with Crippen molar-refractivity contribution in [2.45, 2.75) is 6.92 Å². The molecule has 0 amide bonds. The fourth-order valence-electron chi connectivity index (χ4n) is 3.51. The van der Waals surface area contributed by atoms with Crippen LogP contribution in [0.25, 0.3) is 21.0 Å². The van der Waals surface area contributed by atoms with Gasteiger partial charge >= 0.3 is 0 Å². The fourth-order valence-corrected chi connectivity index (χ4v) is 5.69. The first-order chi connectivity index (χ1) is 16.7. The van der Waals surface area contributed by atoms with E-state index in [1.54, 1.807) is 22.7 Å². The predicted molar refractivity (Wildman–Crippen MR) is 146 cm³/mol. The highest BCUT2D eigenvalue weighted by Gasteiger charge is 2.20. The Morgan fingerprint density at radius 2 is 1.18 bits per heavy atom. The van der Waals surface area contributed by atoms with Crippen LogP contribution < -0.4 is 5.59 Å². The van der Waals surface area contributed by atoms with Gasteiger partial charge in [0.25, 0.3) is 0 Å². The molecule has 5 aromatic rings.